The molecule has 0 saturated heterocycles. The molecule has 0 saturated carbocycles. The number of aliphatic imine (C=N–C) groups is 1. The molecule has 1 aliphatic rings. The molecular weight excluding hydrogens is 439 g/mol. The first kappa shape index (κ1) is 20.7. The van der Waals surface area contributed by atoms with Crippen LogP contribution in [0.15, 0.2) is 77.4 Å². The molecule has 0 atom stereocenters. The maximum Gasteiger partial charge on any atom is 0.363 e. The number of rotatable bonds is 5. The number of anilines is 2. The van der Waals surface area contributed by atoms with Crippen molar-refractivity contribution in [3.63, 3.8) is 0 Å². The Bertz CT molecular complexity index is 1250. The quantitative estimate of drug-likeness (QED) is 0.378. The fourth-order valence-electron chi connectivity index (χ4n) is 2.89. The zero-order valence-corrected chi connectivity index (χ0v) is 17.3. The Morgan fingerprint density at radius 1 is 0.968 bits per heavy atom. The molecule has 0 aromatic heterocycles. The van der Waals surface area contributed by atoms with Crippen LogP contribution >= 0.6 is 23.2 Å². The van der Waals surface area contributed by atoms with Crippen LogP contribution in [0, 0.1) is 0 Å². The van der Waals surface area contributed by atoms with Crippen molar-refractivity contribution < 1.29 is 19.4 Å². The van der Waals surface area contributed by atoms with Crippen molar-refractivity contribution in [3.05, 3.63) is 99.2 Å². The molecule has 0 amide bonds. The SMILES string of the molecule is O=C1OC(c2ccc(Nc3cccc(C(=O)O)c3)cc2)=N/C1=C/c1ccc(Cl)c(Cl)c1. The highest BCUT2D eigenvalue weighted by Gasteiger charge is 2.24. The van der Waals surface area contributed by atoms with Gasteiger partial charge in [-0.25, -0.2) is 14.6 Å². The Morgan fingerprint density at radius 3 is 2.45 bits per heavy atom. The van der Waals surface area contributed by atoms with Crippen LogP contribution in [0.4, 0.5) is 11.4 Å². The first-order valence-electron chi connectivity index (χ1n) is 9.07. The Balaban J connectivity index is 1.52. The van der Waals surface area contributed by atoms with E-state index in [0.717, 1.165) is 5.69 Å². The maximum absolute atomic E-state index is 12.2. The summed E-state index contributed by atoms with van der Waals surface area (Å²) < 4.78 is 5.28. The number of benzene rings is 3. The molecule has 1 aliphatic heterocycles. The number of aromatic carboxylic acids is 1. The van der Waals surface area contributed by atoms with E-state index in [1.54, 1.807) is 66.7 Å². The van der Waals surface area contributed by atoms with Crippen LogP contribution in [0.5, 0.6) is 0 Å². The van der Waals surface area contributed by atoms with Crippen molar-refractivity contribution >= 4 is 58.5 Å². The summed E-state index contributed by atoms with van der Waals surface area (Å²) in [5, 5.41) is 13.0. The van der Waals surface area contributed by atoms with E-state index >= 15 is 0 Å². The van der Waals surface area contributed by atoms with Gasteiger partial charge in [0.15, 0.2) is 5.70 Å². The lowest BCUT2D eigenvalue weighted by atomic mass is 10.1. The molecule has 6 nitrogen and oxygen atoms in total. The highest BCUT2D eigenvalue weighted by atomic mass is 35.5. The van der Waals surface area contributed by atoms with Gasteiger partial charge in [-0.15, -0.1) is 0 Å². The van der Waals surface area contributed by atoms with E-state index in [1.807, 2.05) is 0 Å². The summed E-state index contributed by atoms with van der Waals surface area (Å²) in [5.41, 5.74) is 3.02. The number of carboxylic acid groups (broad SMARTS) is 1. The molecular formula is C23H14Cl2N2O4. The van der Waals surface area contributed by atoms with Crippen LogP contribution in [0.2, 0.25) is 10.0 Å². The van der Waals surface area contributed by atoms with Gasteiger partial charge in [-0.1, -0.05) is 35.3 Å². The second-order valence-electron chi connectivity index (χ2n) is 6.60. The number of nitrogens with one attached hydrogen (secondary N) is 1. The highest BCUT2D eigenvalue weighted by molar-refractivity contribution is 6.42. The standard InChI is InChI=1S/C23H14Cl2N2O4/c24-18-9-4-13(10-19(18)25)11-20-23(30)31-21(27-20)14-5-7-16(8-6-14)26-17-3-1-2-15(12-17)22(28)29/h1-12,26H,(H,28,29)/b20-11+. The number of hydrogen-bond acceptors (Lipinski definition) is 5. The number of cyclic esters (lactones) is 1. The summed E-state index contributed by atoms with van der Waals surface area (Å²) in [5.74, 6) is -1.37. The van der Waals surface area contributed by atoms with Crippen LogP contribution in [-0.2, 0) is 9.53 Å². The smallest absolute Gasteiger partial charge is 0.363 e. The van der Waals surface area contributed by atoms with Crippen molar-refractivity contribution in [2.75, 3.05) is 5.32 Å². The molecule has 2 N–H and O–H groups in total. The molecule has 0 radical (unpaired) electrons. The second-order valence-corrected chi connectivity index (χ2v) is 7.41. The Morgan fingerprint density at radius 2 is 1.74 bits per heavy atom. The van der Waals surface area contributed by atoms with Gasteiger partial charge in [-0.3, -0.25) is 0 Å². The van der Waals surface area contributed by atoms with E-state index in [0.29, 0.717) is 26.9 Å². The predicted octanol–water partition coefficient (Wildman–Crippen LogP) is 5.78. The number of carbonyl (C=O) groups is 2. The van der Waals surface area contributed by atoms with Crippen molar-refractivity contribution in [1.29, 1.82) is 0 Å². The summed E-state index contributed by atoms with van der Waals surface area (Å²) in [6.07, 6.45) is 1.57. The second kappa shape index (κ2) is 8.63. The van der Waals surface area contributed by atoms with Gasteiger partial charge in [0.1, 0.15) is 0 Å². The van der Waals surface area contributed by atoms with Gasteiger partial charge in [-0.2, -0.15) is 0 Å². The summed E-state index contributed by atoms with van der Waals surface area (Å²) in [7, 11) is 0. The van der Waals surface area contributed by atoms with Crippen molar-refractivity contribution in [3.8, 4) is 0 Å². The van der Waals surface area contributed by atoms with Gasteiger partial charge in [0.2, 0.25) is 5.90 Å². The van der Waals surface area contributed by atoms with E-state index in [-0.39, 0.29) is 17.2 Å². The summed E-state index contributed by atoms with van der Waals surface area (Å²) in [6, 6.07) is 18.5. The molecule has 154 valence electrons. The topological polar surface area (TPSA) is 88.0 Å². The number of hydrogen-bond donors (Lipinski definition) is 2. The number of carboxylic acids is 1. The Kier molecular flexibility index (Phi) is 5.75. The Labute approximate surface area is 187 Å². The van der Waals surface area contributed by atoms with E-state index in [9.17, 15) is 9.59 Å². The first-order chi connectivity index (χ1) is 14.9. The maximum atomic E-state index is 12.2. The molecule has 4 rings (SSSR count). The lowest BCUT2D eigenvalue weighted by Crippen LogP contribution is -2.05. The van der Waals surface area contributed by atoms with Crippen molar-refractivity contribution in [2.45, 2.75) is 0 Å². The van der Waals surface area contributed by atoms with E-state index in [4.69, 9.17) is 33.0 Å². The molecule has 0 unspecified atom stereocenters. The van der Waals surface area contributed by atoms with Gasteiger partial charge in [-0.05, 0) is 66.2 Å². The zero-order chi connectivity index (χ0) is 22.0. The Hall–Kier alpha value is -3.61. The fourth-order valence-corrected chi connectivity index (χ4v) is 3.19. The van der Waals surface area contributed by atoms with Gasteiger partial charge >= 0.3 is 11.9 Å². The van der Waals surface area contributed by atoms with Crippen molar-refractivity contribution in [2.24, 2.45) is 4.99 Å². The third-order valence-corrected chi connectivity index (χ3v) is 5.14. The molecule has 3 aromatic carbocycles. The molecule has 8 heteroatoms. The molecule has 0 fully saturated rings. The van der Waals surface area contributed by atoms with Crippen LogP contribution in [0.3, 0.4) is 0 Å². The molecule has 3 aromatic rings. The van der Waals surface area contributed by atoms with Crippen LogP contribution in [0.1, 0.15) is 21.5 Å². The van der Waals surface area contributed by atoms with Gasteiger partial charge < -0.3 is 15.2 Å². The summed E-state index contributed by atoms with van der Waals surface area (Å²) >= 11 is 11.9. The molecule has 0 aliphatic carbocycles. The normalized spacial score (nSPS) is 14.3. The summed E-state index contributed by atoms with van der Waals surface area (Å²) in [4.78, 5) is 27.6. The van der Waals surface area contributed by atoms with E-state index < -0.39 is 11.9 Å². The zero-order valence-electron chi connectivity index (χ0n) is 15.8. The molecule has 1 heterocycles. The first-order valence-corrected chi connectivity index (χ1v) is 9.83. The number of halogens is 2. The van der Waals surface area contributed by atoms with Crippen molar-refractivity contribution in [1.82, 2.24) is 0 Å². The summed E-state index contributed by atoms with van der Waals surface area (Å²) in [6.45, 7) is 0. The number of ether oxygens (including phenoxy) is 1. The van der Waals surface area contributed by atoms with E-state index in [2.05, 4.69) is 10.3 Å². The van der Waals surface area contributed by atoms with Gasteiger partial charge in [0.25, 0.3) is 0 Å². The van der Waals surface area contributed by atoms with Gasteiger partial charge in [0.05, 0.1) is 15.6 Å². The van der Waals surface area contributed by atoms with Crippen LogP contribution < -0.4 is 5.32 Å². The van der Waals surface area contributed by atoms with Gasteiger partial charge in [0, 0.05) is 16.9 Å². The molecule has 0 spiro atoms. The third-order valence-electron chi connectivity index (χ3n) is 4.40. The van der Waals surface area contributed by atoms with Crippen LogP contribution in [0.25, 0.3) is 6.08 Å². The minimum absolute atomic E-state index is 0.154. The fraction of sp³-hybridized carbons (Fsp3) is 0. The largest absolute Gasteiger partial charge is 0.478 e. The average Bonchev–Trinajstić information content (AvgIpc) is 3.11. The lowest BCUT2D eigenvalue weighted by molar-refractivity contribution is -0.129. The van der Waals surface area contributed by atoms with E-state index in [1.165, 1.54) is 6.07 Å². The number of esters is 1. The monoisotopic (exact) mass is 452 g/mol. The molecule has 0 bridgehead atoms. The minimum atomic E-state index is -0.996. The highest BCUT2D eigenvalue weighted by Crippen LogP contribution is 2.26. The average molecular weight is 453 g/mol. The number of carbonyl (C=O) groups excluding carboxylic acids is 1. The predicted molar refractivity (Wildman–Crippen MR) is 120 cm³/mol. The minimum Gasteiger partial charge on any atom is -0.478 e. The van der Waals surface area contributed by atoms with Crippen LogP contribution in [-0.4, -0.2) is 22.9 Å². The third kappa shape index (κ3) is 4.77. The number of nitrogens with zero attached hydrogens (tertiary/aromatic N) is 1. The molecule has 31 heavy (non-hydrogen) atoms. The lowest BCUT2D eigenvalue weighted by Gasteiger charge is -2.08.